The molecule has 0 spiro atoms. The number of nitriles is 1. The van der Waals surface area contributed by atoms with E-state index in [2.05, 4.69) is 9.97 Å². The van der Waals surface area contributed by atoms with Crippen molar-refractivity contribution in [2.45, 2.75) is 0 Å². The predicted octanol–water partition coefficient (Wildman–Crippen LogP) is 1.08. The van der Waals surface area contributed by atoms with E-state index in [1.54, 1.807) is 18.3 Å². The maximum absolute atomic E-state index is 8.63. The number of pyridine rings is 2. The van der Waals surface area contributed by atoms with Crippen molar-refractivity contribution in [3.63, 3.8) is 0 Å². The van der Waals surface area contributed by atoms with Crippen LogP contribution in [0, 0.1) is 11.3 Å². The summed E-state index contributed by atoms with van der Waals surface area (Å²) >= 11 is 0. The normalized spacial score (nSPS) is 9.77. The van der Waals surface area contributed by atoms with Gasteiger partial charge in [-0.15, -0.1) is 0 Å². The van der Waals surface area contributed by atoms with Gasteiger partial charge in [-0.2, -0.15) is 5.26 Å². The maximum Gasteiger partial charge on any atom is 0.149 e. The molecule has 2 heterocycles. The topological polar surface area (TPSA) is 75.6 Å². The van der Waals surface area contributed by atoms with Crippen LogP contribution in [-0.2, 0) is 0 Å². The predicted molar refractivity (Wildman–Crippen MR) is 48.7 cm³/mol. The fourth-order valence-electron chi connectivity index (χ4n) is 1.14. The summed E-state index contributed by atoms with van der Waals surface area (Å²) in [6.07, 6.45) is 3.08. The largest absolute Gasteiger partial charge is 0.382 e. The molecule has 0 aliphatic heterocycles. The van der Waals surface area contributed by atoms with Gasteiger partial charge in [-0.25, -0.2) is 4.98 Å². The molecule has 2 aromatic heterocycles. The standard InChI is InChI=1S/C9H6N4/c10-4-6-3-7-1-2-12-9(11)8(7)13-5-6/h1-3,5H,(H2,11,12). The van der Waals surface area contributed by atoms with Crippen molar-refractivity contribution < 1.29 is 0 Å². The molecule has 62 valence electrons. The molecule has 0 radical (unpaired) electrons. The maximum atomic E-state index is 8.63. The van der Waals surface area contributed by atoms with Crippen LogP contribution in [-0.4, -0.2) is 9.97 Å². The average Bonchev–Trinajstić information content (AvgIpc) is 2.18. The number of rotatable bonds is 0. The Balaban J connectivity index is 2.82. The van der Waals surface area contributed by atoms with Gasteiger partial charge < -0.3 is 5.73 Å². The molecule has 2 N–H and O–H groups in total. The minimum atomic E-state index is 0.391. The lowest BCUT2D eigenvalue weighted by Gasteiger charge is -1.98. The van der Waals surface area contributed by atoms with Gasteiger partial charge in [0.15, 0.2) is 0 Å². The number of nitrogens with zero attached hydrogens (tertiary/aromatic N) is 3. The highest BCUT2D eigenvalue weighted by atomic mass is 14.9. The van der Waals surface area contributed by atoms with E-state index in [0.717, 1.165) is 5.39 Å². The molecule has 0 saturated heterocycles. The van der Waals surface area contributed by atoms with Gasteiger partial charge in [0, 0.05) is 17.8 Å². The SMILES string of the molecule is N#Cc1cnc2c(N)nccc2c1. The van der Waals surface area contributed by atoms with Crippen LogP contribution in [0.5, 0.6) is 0 Å². The first-order valence-electron chi connectivity index (χ1n) is 3.71. The molecule has 0 saturated carbocycles. The van der Waals surface area contributed by atoms with Gasteiger partial charge >= 0.3 is 0 Å². The van der Waals surface area contributed by atoms with Crippen LogP contribution < -0.4 is 5.73 Å². The Morgan fingerprint density at radius 3 is 3.00 bits per heavy atom. The van der Waals surface area contributed by atoms with E-state index >= 15 is 0 Å². The van der Waals surface area contributed by atoms with Gasteiger partial charge in [0.2, 0.25) is 0 Å². The smallest absolute Gasteiger partial charge is 0.149 e. The summed E-state index contributed by atoms with van der Waals surface area (Å²) in [5.74, 6) is 0.391. The Bertz CT molecular complexity index is 498. The van der Waals surface area contributed by atoms with E-state index in [1.165, 1.54) is 6.20 Å². The van der Waals surface area contributed by atoms with Gasteiger partial charge in [0.25, 0.3) is 0 Å². The number of hydrogen-bond donors (Lipinski definition) is 1. The summed E-state index contributed by atoms with van der Waals surface area (Å²) < 4.78 is 0. The summed E-state index contributed by atoms with van der Waals surface area (Å²) in [6.45, 7) is 0. The fourth-order valence-corrected chi connectivity index (χ4v) is 1.14. The van der Waals surface area contributed by atoms with Gasteiger partial charge in [-0.1, -0.05) is 0 Å². The highest BCUT2D eigenvalue weighted by Gasteiger charge is 2.00. The zero-order chi connectivity index (χ0) is 9.26. The minimum absolute atomic E-state index is 0.391. The second-order valence-corrected chi connectivity index (χ2v) is 2.60. The Morgan fingerprint density at radius 1 is 1.38 bits per heavy atom. The molecule has 4 heteroatoms. The molecule has 4 nitrogen and oxygen atoms in total. The Morgan fingerprint density at radius 2 is 2.23 bits per heavy atom. The fraction of sp³-hybridized carbons (Fsp3) is 0. The van der Waals surface area contributed by atoms with Crippen LogP contribution in [0.4, 0.5) is 5.82 Å². The van der Waals surface area contributed by atoms with Crippen LogP contribution in [0.3, 0.4) is 0 Å². The monoisotopic (exact) mass is 170 g/mol. The molecule has 0 aromatic carbocycles. The lowest BCUT2D eigenvalue weighted by molar-refractivity contribution is 1.31. The summed E-state index contributed by atoms with van der Waals surface area (Å²) in [4.78, 5) is 7.94. The zero-order valence-corrected chi connectivity index (χ0v) is 6.73. The lowest BCUT2D eigenvalue weighted by Crippen LogP contribution is -1.93. The number of aromatic nitrogens is 2. The highest BCUT2D eigenvalue weighted by Crippen LogP contribution is 2.16. The summed E-state index contributed by atoms with van der Waals surface area (Å²) in [7, 11) is 0. The van der Waals surface area contributed by atoms with Crippen molar-refractivity contribution >= 4 is 16.7 Å². The first kappa shape index (κ1) is 7.50. The number of nitrogens with two attached hydrogens (primary N) is 1. The van der Waals surface area contributed by atoms with Crippen LogP contribution in [0.1, 0.15) is 5.56 Å². The molecule has 13 heavy (non-hydrogen) atoms. The molecule has 2 rings (SSSR count). The van der Waals surface area contributed by atoms with Crippen molar-refractivity contribution in [2.75, 3.05) is 5.73 Å². The molecule has 0 fully saturated rings. The zero-order valence-electron chi connectivity index (χ0n) is 6.73. The number of fused-ring (bicyclic) bond motifs is 1. The van der Waals surface area contributed by atoms with E-state index in [0.29, 0.717) is 16.9 Å². The quantitative estimate of drug-likeness (QED) is 0.641. The molecule has 0 atom stereocenters. The van der Waals surface area contributed by atoms with Crippen molar-refractivity contribution in [3.8, 4) is 6.07 Å². The van der Waals surface area contributed by atoms with Gasteiger partial charge in [0.05, 0.1) is 5.56 Å². The number of hydrogen-bond acceptors (Lipinski definition) is 4. The molecule has 0 aliphatic carbocycles. The van der Waals surface area contributed by atoms with Crippen LogP contribution >= 0.6 is 0 Å². The van der Waals surface area contributed by atoms with Gasteiger partial charge in [-0.3, -0.25) is 4.98 Å². The third-order valence-corrected chi connectivity index (χ3v) is 1.76. The molecule has 0 bridgehead atoms. The van der Waals surface area contributed by atoms with E-state index in [-0.39, 0.29) is 0 Å². The van der Waals surface area contributed by atoms with Crippen molar-refractivity contribution in [1.29, 1.82) is 5.26 Å². The summed E-state index contributed by atoms with van der Waals surface area (Å²) in [5, 5.41) is 9.47. The van der Waals surface area contributed by atoms with Gasteiger partial charge in [0.1, 0.15) is 17.4 Å². The Hall–Kier alpha value is -2.15. The van der Waals surface area contributed by atoms with Crippen LogP contribution in [0.25, 0.3) is 10.9 Å². The van der Waals surface area contributed by atoms with Gasteiger partial charge in [-0.05, 0) is 12.1 Å². The van der Waals surface area contributed by atoms with Crippen LogP contribution in [0.2, 0.25) is 0 Å². The Labute approximate surface area is 74.6 Å². The molecular formula is C9H6N4. The van der Waals surface area contributed by atoms with E-state index in [1.807, 2.05) is 6.07 Å². The third kappa shape index (κ3) is 1.16. The Kier molecular flexibility index (Phi) is 1.57. The van der Waals surface area contributed by atoms with E-state index < -0.39 is 0 Å². The third-order valence-electron chi connectivity index (χ3n) is 1.76. The van der Waals surface area contributed by atoms with Crippen molar-refractivity contribution in [1.82, 2.24) is 9.97 Å². The molecule has 0 unspecified atom stereocenters. The average molecular weight is 170 g/mol. The number of nitrogen functional groups attached to an aromatic ring is 1. The first-order valence-corrected chi connectivity index (χ1v) is 3.71. The lowest BCUT2D eigenvalue weighted by atomic mass is 10.2. The molecule has 0 aliphatic rings. The number of anilines is 1. The van der Waals surface area contributed by atoms with E-state index in [4.69, 9.17) is 11.0 Å². The summed E-state index contributed by atoms with van der Waals surface area (Å²) in [6, 6.07) is 5.53. The first-order chi connectivity index (χ1) is 6.31. The minimum Gasteiger partial charge on any atom is -0.382 e. The molecular weight excluding hydrogens is 164 g/mol. The van der Waals surface area contributed by atoms with Crippen molar-refractivity contribution in [3.05, 3.63) is 30.1 Å². The second kappa shape index (κ2) is 2.72. The molecule has 0 amide bonds. The summed E-state index contributed by atoms with van der Waals surface area (Å²) in [5.41, 5.74) is 6.76. The highest BCUT2D eigenvalue weighted by molar-refractivity contribution is 5.87. The van der Waals surface area contributed by atoms with E-state index in [9.17, 15) is 0 Å². The second-order valence-electron chi connectivity index (χ2n) is 2.60. The van der Waals surface area contributed by atoms with Crippen molar-refractivity contribution in [2.24, 2.45) is 0 Å². The van der Waals surface area contributed by atoms with Crippen LogP contribution in [0.15, 0.2) is 24.5 Å². The molecule has 2 aromatic rings.